The molecule has 0 aliphatic heterocycles. The third kappa shape index (κ3) is 27.8. The van der Waals surface area contributed by atoms with Crippen molar-refractivity contribution in [1.29, 1.82) is 0 Å². The Morgan fingerprint density at radius 3 is 1.32 bits per heavy atom. The maximum atomic E-state index is 15.3. The summed E-state index contributed by atoms with van der Waals surface area (Å²) < 4.78 is 58.6. The zero-order valence-corrected chi connectivity index (χ0v) is 48.9. The fraction of sp³-hybridized carbons (Fsp3) is 0.621. The summed E-state index contributed by atoms with van der Waals surface area (Å²) in [7, 11) is -4.78. The maximum absolute atomic E-state index is 15.3. The van der Waals surface area contributed by atoms with Crippen molar-refractivity contribution in [2.24, 2.45) is 11.8 Å². The number of phosphoric ester groups is 1. The zero-order chi connectivity index (χ0) is 55.7. The van der Waals surface area contributed by atoms with E-state index in [4.69, 9.17) is 32.5 Å². The number of ketones is 1. The summed E-state index contributed by atoms with van der Waals surface area (Å²) in [6.45, 7) is 11.9. The van der Waals surface area contributed by atoms with Crippen LogP contribution in [0.4, 0.5) is 0 Å². The molecule has 78 heavy (non-hydrogen) atoms. The van der Waals surface area contributed by atoms with Crippen molar-refractivity contribution in [1.82, 2.24) is 0 Å². The molecule has 0 bridgehead atoms. The third-order valence-electron chi connectivity index (χ3n) is 14.7. The van der Waals surface area contributed by atoms with Gasteiger partial charge in [-0.2, -0.15) is 0 Å². The normalized spacial score (nSPS) is 18.5. The molecule has 6 unspecified atom stereocenters. The van der Waals surface area contributed by atoms with Crippen LogP contribution in [0.5, 0.6) is 0 Å². The Morgan fingerprint density at radius 1 is 0.487 bits per heavy atom. The standard InChI is InChI=1S/C66H99O11P/c1-5-9-11-13-15-17-19-21-23-25-27-29-40-48-61(67)71-53-58(76-62(68)49-41-30-28-26-24-22-20-18-16-14-12-10-6-2)54-75-78(70,74-52-57-46-38-33-39-47-57)77-66-63(69)64(72-50-55-42-34-31-35-43-55)59(7-3)60(8-4)65(66)73-51-56-44-36-32-37-45-56/h7-8,31-39,42-47,58-60,64-66H,3-6,9-30,40-41,48-54H2,1-2H3/t58-,59?,60?,64?,65?,66?,78?/m0/s1. The summed E-state index contributed by atoms with van der Waals surface area (Å²) in [5.74, 6) is -2.62. The number of benzene rings is 3. The lowest BCUT2D eigenvalue weighted by Crippen LogP contribution is -2.57. The van der Waals surface area contributed by atoms with Crippen LogP contribution in [0.3, 0.4) is 0 Å². The number of phosphoric acid groups is 1. The van der Waals surface area contributed by atoms with Gasteiger partial charge in [0.05, 0.1) is 32.5 Å². The summed E-state index contributed by atoms with van der Waals surface area (Å²) in [4.78, 5) is 41.7. The molecule has 0 amide bonds. The largest absolute Gasteiger partial charge is 0.476 e. The molecule has 3 aromatic carbocycles. The lowest BCUT2D eigenvalue weighted by Gasteiger charge is -2.43. The molecule has 12 heteroatoms. The van der Waals surface area contributed by atoms with Crippen LogP contribution in [0.15, 0.2) is 116 Å². The summed E-state index contributed by atoms with van der Waals surface area (Å²) in [5, 5.41) is 0. The average Bonchev–Trinajstić information content (AvgIpc) is 3.60. The number of unbranched alkanes of at least 4 members (excludes halogenated alkanes) is 24. The number of carbonyl (C=O) groups excluding carboxylic acids is 3. The molecular weight excluding hydrogens is 1000 g/mol. The first kappa shape index (κ1) is 66.3. The molecule has 0 saturated heterocycles. The van der Waals surface area contributed by atoms with Crippen LogP contribution in [0.25, 0.3) is 0 Å². The van der Waals surface area contributed by atoms with Gasteiger partial charge >= 0.3 is 19.8 Å². The monoisotopic (exact) mass is 1100 g/mol. The highest BCUT2D eigenvalue weighted by atomic mass is 31.2. The summed E-state index contributed by atoms with van der Waals surface area (Å²) >= 11 is 0. The van der Waals surface area contributed by atoms with Crippen molar-refractivity contribution in [2.45, 2.75) is 238 Å². The molecular formula is C66H99O11P. The number of Topliss-reactive ketones (excluding diaryl/α,β-unsaturated/α-hetero) is 1. The van der Waals surface area contributed by atoms with Crippen LogP contribution >= 0.6 is 7.82 Å². The SMILES string of the molecule is C=CC1C(OCc2ccccc2)C(=O)C(OP(=O)(OCc2ccccc2)OC[C@H](COC(=O)CCCCCCCCCCCCCCC)OC(=O)CCCCCCCCCCCCCCC)C(OCc2ccccc2)C1C=C. The molecule has 434 valence electrons. The fourth-order valence-corrected chi connectivity index (χ4v) is 11.4. The van der Waals surface area contributed by atoms with Crippen LogP contribution in [0.1, 0.15) is 210 Å². The van der Waals surface area contributed by atoms with Gasteiger partial charge in [0.15, 0.2) is 18.0 Å². The number of hydrogen-bond acceptors (Lipinski definition) is 11. The Labute approximate surface area is 471 Å². The lowest BCUT2D eigenvalue weighted by atomic mass is 9.73. The molecule has 0 spiro atoms. The van der Waals surface area contributed by atoms with Crippen LogP contribution in [-0.4, -0.2) is 55.4 Å². The van der Waals surface area contributed by atoms with Gasteiger partial charge in [0.2, 0.25) is 0 Å². The fourth-order valence-electron chi connectivity index (χ4n) is 10.1. The molecule has 1 aliphatic rings. The van der Waals surface area contributed by atoms with Gasteiger partial charge in [-0.3, -0.25) is 28.0 Å². The number of carbonyl (C=O) groups is 3. The number of hydrogen-bond donors (Lipinski definition) is 0. The topological polar surface area (TPSA) is 133 Å². The second kappa shape index (κ2) is 41.7. The minimum Gasteiger partial charge on any atom is -0.462 e. The molecule has 4 rings (SSSR count). The first-order chi connectivity index (χ1) is 38.2. The molecule has 0 N–H and O–H groups in total. The molecule has 0 heterocycles. The number of ether oxygens (including phenoxy) is 4. The van der Waals surface area contributed by atoms with Gasteiger partial charge < -0.3 is 18.9 Å². The van der Waals surface area contributed by atoms with Crippen molar-refractivity contribution in [2.75, 3.05) is 13.2 Å². The van der Waals surface area contributed by atoms with E-state index in [1.165, 1.54) is 116 Å². The lowest BCUT2D eigenvalue weighted by molar-refractivity contribution is -0.171. The van der Waals surface area contributed by atoms with E-state index in [0.717, 1.165) is 49.7 Å². The molecule has 1 aliphatic carbocycles. The average molecular weight is 1100 g/mol. The zero-order valence-electron chi connectivity index (χ0n) is 48.0. The minimum absolute atomic E-state index is 0.0976. The number of esters is 2. The van der Waals surface area contributed by atoms with Gasteiger partial charge in [0.1, 0.15) is 12.7 Å². The van der Waals surface area contributed by atoms with E-state index in [9.17, 15) is 14.4 Å². The van der Waals surface area contributed by atoms with Crippen LogP contribution in [0, 0.1) is 11.8 Å². The highest BCUT2D eigenvalue weighted by Gasteiger charge is 2.53. The van der Waals surface area contributed by atoms with E-state index in [1.54, 1.807) is 24.3 Å². The Kier molecular flexibility index (Phi) is 35.5. The van der Waals surface area contributed by atoms with Crippen molar-refractivity contribution in [3.8, 4) is 0 Å². The quantitative estimate of drug-likeness (QED) is 0.0232. The molecule has 3 aromatic rings. The second-order valence-corrected chi connectivity index (χ2v) is 22.9. The minimum atomic E-state index is -4.78. The molecule has 1 saturated carbocycles. The van der Waals surface area contributed by atoms with Crippen LogP contribution in [-0.2, 0) is 71.3 Å². The summed E-state index contributed by atoms with van der Waals surface area (Å²) in [6, 6.07) is 28.1. The van der Waals surface area contributed by atoms with E-state index >= 15 is 4.57 Å². The van der Waals surface area contributed by atoms with Crippen molar-refractivity contribution < 1.29 is 51.5 Å². The van der Waals surface area contributed by atoms with E-state index < -0.39 is 68.4 Å². The predicted molar refractivity (Wildman–Crippen MR) is 314 cm³/mol. The highest BCUT2D eigenvalue weighted by molar-refractivity contribution is 7.48. The van der Waals surface area contributed by atoms with Crippen molar-refractivity contribution in [3.05, 3.63) is 133 Å². The Morgan fingerprint density at radius 2 is 0.885 bits per heavy atom. The van der Waals surface area contributed by atoms with Gasteiger partial charge in [-0.1, -0.05) is 271 Å². The van der Waals surface area contributed by atoms with Gasteiger partial charge in [-0.05, 0) is 29.5 Å². The van der Waals surface area contributed by atoms with Gasteiger partial charge in [-0.25, -0.2) is 4.57 Å². The molecule has 7 atom stereocenters. The Hall–Kier alpha value is -4.22. The van der Waals surface area contributed by atoms with E-state index in [0.29, 0.717) is 18.4 Å². The summed E-state index contributed by atoms with van der Waals surface area (Å²) in [6.07, 6.45) is 29.6. The molecule has 0 aromatic heterocycles. The van der Waals surface area contributed by atoms with E-state index in [2.05, 4.69) is 27.0 Å². The molecule has 0 radical (unpaired) electrons. The van der Waals surface area contributed by atoms with Crippen molar-refractivity contribution in [3.63, 3.8) is 0 Å². The first-order valence-corrected chi connectivity index (χ1v) is 31.7. The van der Waals surface area contributed by atoms with Gasteiger partial charge in [0, 0.05) is 24.7 Å². The summed E-state index contributed by atoms with van der Waals surface area (Å²) in [5.41, 5.74) is 2.36. The predicted octanol–water partition coefficient (Wildman–Crippen LogP) is 17.5. The Bertz CT molecular complexity index is 2080. The highest BCUT2D eigenvalue weighted by Crippen LogP contribution is 2.54. The van der Waals surface area contributed by atoms with Gasteiger partial charge in [-0.15, -0.1) is 13.2 Å². The van der Waals surface area contributed by atoms with Crippen molar-refractivity contribution >= 4 is 25.5 Å². The first-order valence-electron chi connectivity index (χ1n) is 30.3. The maximum Gasteiger partial charge on any atom is 0.476 e. The molecule has 1 fully saturated rings. The van der Waals surface area contributed by atoms with E-state index in [1.807, 2.05) is 78.9 Å². The number of rotatable bonds is 47. The third-order valence-corrected chi connectivity index (χ3v) is 16.1. The Balaban J connectivity index is 1.46. The second-order valence-electron chi connectivity index (χ2n) is 21.3. The smallest absolute Gasteiger partial charge is 0.462 e. The van der Waals surface area contributed by atoms with Gasteiger partial charge in [0.25, 0.3) is 0 Å². The van der Waals surface area contributed by atoms with Crippen LogP contribution in [0.2, 0.25) is 0 Å². The van der Waals surface area contributed by atoms with Crippen LogP contribution < -0.4 is 0 Å². The molecule has 11 nitrogen and oxygen atoms in total. The van der Waals surface area contributed by atoms with E-state index in [-0.39, 0.29) is 39.3 Å².